The van der Waals surface area contributed by atoms with E-state index in [0.717, 1.165) is 10.4 Å². The van der Waals surface area contributed by atoms with Crippen LogP contribution in [0.5, 0.6) is 0 Å². The number of rotatable bonds is 4. The average molecular weight is 264 g/mol. The Morgan fingerprint density at radius 2 is 1.05 bits per heavy atom. The van der Waals surface area contributed by atoms with Crippen LogP contribution in [-0.4, -0.2) is 29.3 Å². The molecule has 2 aromatic rings. The van der Waals surface area contributed by atoms with Gasteiger partial charge in [-0.1, -0.05) is 60.7 Å². The van der Waals surface area contributed by atoms with Gasteiger partial charge in [-0.2, -0.15) is 9.58 Å². The van der Waals surface area contributed by atoms with Gasteiger partial charge in [0.2, 0.25) is 11.7 Å². The van der Waals surface area contributed by atoms with E-state index in [1.165, 1.54) is 11.7 Å². The summed E-state index contributed by atoms with van der Waals surface area (Å²) in [7, 11) is -2.63. The van der Waals surface area contributed by atoms with E-state index in [9.17, 15) is 0 Å². The van der Waals surface area contributed by atoms with Crippen molar-refractivity contribution >= 4 is 30.1 Å². The fourth-order valence-corrected chi connectivity index (χ4v) is 4.96. The lowest BCUT2D eigenvalue weighted by molar-refractivity contribution is 0.00366. The van der Waals surface area contributed by atoms with Gasteiger partial charge in [-0.15, -0.1) is 0 Å². The molecule has 0 fully saturated rings. The molecule has 0 aliphatic heterocycles. The van der Waals surface area contributed by atoms with Crippen molar-refractivity contribution < 1.29 is 9.58 Å². The Hall–Kier alpha value is -2.58. The molecule has 0 heterocycles. The van der Waals surface area contributed by atoms with Crippen LogP contribution in [0.25, 0.3) is 11.1 Å². The monoisotopic (exact) mass is 264 g/mol. The van der Waals surface area contributed by atoms with Gasteiger partial charge >= 0.3 is 8.07 Å². The molecule has 92 valence electrons. The highest BCUT2D eigenvalue weighted by molar-refractivity contribution is 7.33. The van der Waals surface area contributed by atoms with Crippen LogP contribution in [-0.2, 0) is 0 Å². The van der Waals surface area contributed by atoms with E-state index in [-0.39, 0.29) is 0 Å². The molecule has 0 spiro atoms. The van der Waals surface area contributed by atoms with Gasteiger partial charge in [0.05, 0.1) is 0 Å². The Labute approximate surface area is 112 Å². The van der Waals surface area contributed by atoms with Gasteiger partial charge in [0.15, 0.2) is 0 Å². The molecule has 0 saturated heterocycles. The Balaban J connectivity index is 2.75. The second-order valence-corrected chi connectivity index (χ2v) is 7.50. The summed E-state index contributed by atoms with van der Waals surface area (Å²) < 4.78 is 0. The molecule has 2 aromatic carbocycles. The quantitative estimate of drug-likeness (QED) is 0.341. The zero-order valence-corrected chi connectivity index (χ0v) is 11.2. The maximum Gasteiger partial charge on any atom is 0.362 e. The highest BCUT2D eigenvalue weighted by Crippen LogP contribution is 2.00. The third-order valence-electron chi connectivity index (χ3n) is 3.03. The predicted molar refractivity (Wildman–Crippen MR) is 77.3 cm³/mol. The summed E-state index contributed by atoms with van der Waals surface area (Å²) in [4.78, 5) is 6.43. The molecule has 0 aromatic heterocycles. The Kier molecular flexibility index (Phi) is 3.96. The summed E-state index contributed by atoms with van der Waals surface area (Å²) in [6.07, 6.45) is 0. The second-order valence-electron chi connectivity index (χ2n) is 4.09. The topological polar surface area (TPSA) is 72.8 Å². The lowest BCUT2D eigenvalue weighted by atomic mass is 10.4. The molecule has 19 heavy (non-hydrogen) atoms. The third-order valence-corrected chi connectivity index (χ3v) is 6.65. The van der Waals surface area contributed by atoms with Crippen molar-refractivity contribution in [2.24, 2.45) is 0 Å². The van der Waals surface area contributed by atoms with Crippen LogP contribution in [0.2, 0.25) is 0 Å². The van der Waals surface area contributed by atoms with Crippen LogP contribution in [0, 0.1) is 0 Å². The number of nitrogens with zero attached hydrogens (tertiary/aromatic N) is 4. The highest BCUT2D eigenvalue weighted by Gasteiger charge is 2.45. The summed E-state index contributed by atoms with van der Waals surface area (Å²) in [5, 5.41) is 1.97. The first kappa shape index (κ1) is 12.9. The van der Waals surface area contributed by atoms with Crippen LogP contribution < -0.4 is 10.4 Å². The van der Waals surface area contributed by atoms with Crippen molar-refractivity contribution in [3.8, 4) is 0 Å². The zero-order chi connectivity index (χ0) is 13.6. The van der Waals surface area contributed by atoms with Crippen LogP contribution in [0.4, 0.5) is 0 Å². The minimum atomic E-state index is -2.63. The van der Waals surface area contributed by atoms with Gasteiger partial charge in [0, 0.05) is 0 Å². The van der Waals surface area contributed by atoms with Crippen molar-refractivity contribution in [2.45, 2.75) is 0 Å². The minimum absolute atomic E-state index is 0.983. The Morgan fingerprint density at radius 1 is 0.684 bits per heavy atom. The number of benzene rings is 2. The fraction of sp³-hybridized carbons (Fsp3) is 0. The zero-order valence-electron chi connectivity index (χ0n) is 10.2. The number of hydrogen-bond acceptors (Lipinski definition) is 0. The molecule has 0 N–H and O–H groups in total. The lowest BCUT2D eigenvalue weighted by Gasteiger charge is -2.14. The van der Waals surface area contributed by atoms with E-state index >= 15 is 0 Å². The van der Waals surface area contributed by atoms with Crippen LogP contribution in [0.1, 0.15) is 0 Å². The summed E-state index contributed by atoms with van der Waals surface area (Å²) in [6, 6.07) is 19.3. The summed E-state index contributed by atoms with van der Waals surface area (Å²) in [5.41, 5.74) is 18.0. The summed E-state index contributed by atoms with van der Waals surface area (Å²) in [6.45, 7) is 0. The summed E-state index contributed by atoms with van der Waals surface area (Å²) >= 11 is 0. The van der Waals surface area contributed by atoms with E-state index in [1.807, 2.05) is 60.7 Å². The van der Waals surface area contributed by atoms with E-state index in [2.05, 4.69) is 9.58 Å². The normalized spacial score (nSPS) is 10.1. The first-order valence-electron chi connectivity index (χ1n) is 5.82. The largest absolute Gasteiger partial charge is 0.362 e. The molecule has 0 amide bonds. The molecular weight excluding hydrogens is 252 g/mol. The van der Waals surface area contributed by atoms with E-state index in [4.69, 9.17) is 11.1 Å². The molecule has 0 aliphatic carbocycles. The van der Waals surface area contributed by atoms with Crippen LogP contribution in [0.3, 0.4) is 0 Å². The third kappa shape index (κ3) is 2.49. The van der Waals surface area contributed by atoms with Crippen molar-refractivity contribution in [3.63, 3.8) is 0 Å². The van der Waals surface area contributed by atoms with E-state index < -0.39 is 8.07 Å². The molecule has 2 rings (SSSR count). The number of hydrogen-bond donors (Lipinski definition) is 0. The van der Waals surface area contributed by atoms with Crippen molar-refractivity contribution in [1.82, 2.24) is 0 Å². The standard InChI is InChI=1S/C14H12N4Si/c15-17-11-19(12-18-16,13-7-3-1-4-8-13)14-9-5-2-6-10-14/h1-12H. The maximum absolute atomic E-state index is 9.01. The molecule has 0 bridgehead atoms. The van der Waals surface area contributed by atoms with Gasteiger partial charge in [-0.25, -0.2) is 0 Å². The lowest BCUT2D eigenvalue weighted by Crippen LogP contribution is -2.62. The van der Waals surface area contributed by atoms with Gasteiger partial charge < -0.3 is 11.1 Å². The van der Waals surface area contributed by atoms with Gasteiger partial charge in [0.25, 0.3) is 0 Å². The first-order chi connectivity index (χ1) is 9.33. The molecule has 4 nitrogen and oxygen atoms in total. The first-order valence-corrected chi connectivity index (χ1v) is 7.97. The van der Waals surface area contributed by atoms with Gasteiger partial charge in [-0.3, -0.25) is 0 Å². The van der Waals surface area contributed by atoms with Gasteiger partial charge in [-0.05, 0) is 10.4 Å². The van der Waals surface area contributed by atoms with Crippen LogP contribution >= 0.6 is 0 Å². The molecular formula is C14H12N4Si. The molecule has 0 unspecified atom stereocenters. The molecule has 0 radical (unpaired) electrons. The minimum Gasteiger partial charge on any atom is -0.362 e. The Bertz CT molecular complexity index is 582. The maximum atomic E-state index is 9.01. The molecule has 0 saturated carbocycles. The average Bonchev–Trinajstić information content (AvgIpc) is 2.49. The van der Waals surface area contributed by atoms with E-state index in [0.29, 0.717) is 0 Å². The second kappa shape index (κ2) is 5.84. The fourth-order valence-electron chi connectivity index (χ4n) is 2.11. The Morgan fingerprint density at radius 3 is 1.37 bits per heavy atom. The van der Waals surface area contributed by atoms with E-state index in [1.54, 1.807) is 0 Å². The molecule has 0 aliphatic rings. The summed E-state index contributed by atoms with van der Waals surface area (Å²) in [5.74, 6) is 2.97. The van der Waals surface area contributed by atoms with Crippen molar-refractivity contribution in [1.29, 1.82) is 0 Å². The smallest absolute Gasteiger partial charge is 0.362 e. The SMILES string of the molecule is [N-]=[N+]=C[Si](C=[N+]=[N-])(c1ccccc1)c1ccccc1. The van der Waals surface area contributed by atoms with Crippen molar-refractivity contribution in [3.05, 3.63) is 71.7 Å². The van der Waals surface area contributed by atoms with Gasteiger partial charge in [0.1, 0.15) is 0 Å². The molecule has 5 heteroatoms. The van der Waals surface area contributed by atoms with Crippen molar-refractivity contribution in [2.75, 3.05) is 0 Å². The molecule has 0 atom stereocenters. The predicted octanol–water partition coefficient (Wildman–Crippen LogP) is 0.929. The highest BCUT2D eigenvalue weighted by atomic mass is 28.3. The van der Waals surface area contributed by atoms with Crippen LogP contribution in [0.15, 0.2) is 60.7 Å².